The standard InChI is InChI=1S/C22H22F2N2O4S/c1-13-6-7-14(12-26-21(27)16-4-2-3-5-17(16)22(26)28)10-20(13)31(29,30)25-15-8-9-18(23)19(24)11-15/h6-11,16-17,25H,2-5,12H2,1H3. The Kier molecular flexibility index (Phi) is 5.55. The summed E-state index contributed by atoms with van der Waals surface area (Å²) in [6, 6.07) is 7.39. The van der Waals surface area contributed by atoms with Crippen LogP contribution in [0.25, 0.3) is 0 Å². The topological polar surface area (TPSA) is 83.6 Å². The Bertz CT molecular complexity index is 1140. The maximum atomic E-state index is 13.4. The molecule has 2 aliphatic rings. The number of nitrogens with zero attached hydrogens (tertiary/aromatic N) is 1. The monoisotopic (exact) mass is 448 g/mol. The van der Waals surface area contributed by atoms with Crippen molar-refractivity contribution in [3.63, 3.8) is 0 Å². The van der Waals surface area contributed by atoms with E-state index < -0.39 is 21.7 Å². The average Bonchev–Trinajstić information content (AvgIpc) is 2.97. The van der Waals surface area contributed by atoms with Crippen LogP contribution in [0.1, 0.15) is 36.8 Å². The zero-order chi connectivity index (χ0) is 22.3. The molecule has 2 aromatic rings. The van der Waals surface area contributed by atoms with Crippen molar-refractivity contribution >= 4 is 27.5 Å². The number of carbonyl (C=O) groups is 2. The highest BCUT2D eigenvalue weighted by Crippen LogP contribution is 2.38. The highest BCUT2D eigenvalue weighted by atomic mass is 32.2. The fraction of sp³-hybridized carbons (Fsp3) is 0.364. The van der Waals surface area contributed by atoms with Gasteiger partial charge in [-0.2, -0.15) is 0 Å². The molecule has 2 atom stereocenters. The van der Waals surface area contributed by atoms with Gasteiger partial charge in [-0.1, -0.05) is 25.0 Å². The number of benzene rings is 2. The van der Waals surface area contributed by atoms with E-state index in [1.54, 1.807) is 19.1 Å². The van der Waals surface area contributed by atoms with Crippen LogP contribution < -0.4 is 4.72 Å². The molecular weight excluding hydrogens is 426 g/mol. The zero-order valence-electron chi connectivity index (χ0n) is 16.9. The number of anilines is 1. The summed E-state index contributed by atoms with van der Waals surface area (Å²) in [4.78, 5) is 26.6. The molecule has 0 aromatic heterocycles. The molecule has 164 valence electrons. The molecule has 1 N–H and O–H groups in total. The molecule has 1 saturated heterocycles. The Morgan fingerprint density at radius 3 is 2.23 bits per heavy atom. The van der Waals surface area contributed by atoms with Gasteiger partial charge in [0.15, 0.2) is 11.6 Å². The van der Waals surface area contributed by atoms with Crippen molar-refractivity contribution in [1.29, 1.82) is 0 Å². The first-order valence-electron chi connectivity index (χ1n) is 10.1. The molecule has 2 amide bonds. The van der Waals surface area contributed by atoms with Crippen molar-refractivity contribution in [3.8, 4) is 0 Å². The molecule has 0 bridgehead atoms. The van der Waals surface area contributed by atoms with Gasteiger partial charge in [0.1, 0.15) is 0 Å². The van der Waals surface area contributed by atoms with Crippen LogP contribution in [-0.2, 0) is 26.2 Å². The molecule has 1 aliphatic heterocycles. The lowest BCUT2D eigenvalue weighted by molar-refractivity contribution is -0.140. The average molecular weight is 448 g/mol. The summed E-state index contributed by atoms with van der Waals surface area (Å²) in [6.45, 7) is 1.60. The van der Waals surface area contributed by atoms with Crippen LogP contribution in [0.15, 0.2) is 41.3 Å². The Morgan fingerprint density at radius 2 is 1.61 bits per heavy atom. The van der Waals surface area contributed by atoms with Gasteiger partial charge in [0, 0.05) is 6.07 Å². The molecule has 1 aliphatic carbocycles. The van der Waals surface area contributed by atoms with Crippen molar-refractivity contribution in [2.24, 2.45) is 11.8 Å². The molecule has 1 heterocycles. The number of halogens is 2. The molecule has 6 nitrogen and oxygen atoms in total. The van der Waals surface area contributed by atoms with Crippen LogP contribution in [0.5, 0.6) is 0 Å². The summed E-state index contributed by atoms with van der Waals surface area (Å²) >= 11 is 0. The minimum absolute atomic E-state index is 0.00135. The van der Waals surface area contributed by atoms with E-state index >= 15 is 0 Å². The predicted octanol–water partition coefficient (Wildman–Crippen LogP) is 3.75. The second-order valence-corrected chi connectivity index (χ2v) is 9.75. The number of aryl methyl sites for hydroxylation is 1. The lowest BCUT2D eigenvalue weighted by Crippen LogP contribution is -2.30. The Morgan fingerprint density at radius 1 is 0.968 bits per heavy atom. The van der Waals surface area contributed by atoms with Crippen molar-refractivity contribution in [1.82, 2.24) is 4.90 Å². The molecule has 31 heavy (non-hydrogen) atoms. The SMILES string of the molecule is Cc1ccc(CN2C(=O)C3CCCCC3C2=O)cc1S(=O)(=O)Nc1ccc(F)c(F)c1. The van der Waals surface area contributed by atoms with Gasteiger partial charge in [0.05, 0.1) is 29.0 Å². The normalized spacial score (nSPS) is 21.3. The van der Waals surface area contributed by atoms with Crippen LogP contribution in [0, 0.1) is 30.4 Å². The third kappa shape index (κ3) is 4.06. The summed E-state index contributed by atoms with van der Waals surface area (Å²) in [7, 11) is -4.11. The smallest absolute Gasteiger partial charge is 0.262 e. The second kappa shape index (κ2) is 8.03. The highest BCUT2D eigenvalue weighted by molar-refractivity contribution is 7.92. The minimum Gasteiger partial charge on any atom is -0.280 e. The molecule has 1 saturated carbocycles. The van der Waals surface area contributed by atoms with E-state index in [1.807, 2.05) is 0 Å². The van der Waals surface area contributed by atoms with E-state index in [-0.39, 0.29) is 40.8 Å². The van der Waals surface area contributed by atoms with E-state index in [4.69, 9.17) is 0 Å². The Labute approximate surface area is 179 Å². The Balaban J connectivity index is 1.59. The summed E-state index contributed by atoms with van der Waals surface area (Å²) < 4.78 is 54.5. The molecular formula is C22H22F2N2O4S. The second-order valence-electron chi connectivity index (χ2n) is 8.09. The van der Waals surface area contributed by atoms with E-state index in [2.05, 4.69) is 4.72 Å². The summed E-state index contributed by atoms with van der Waals surface area (Å²) in [5, 5.41) is 0. The van der Waals surface area contributed by atoms with Crippen molar-refractivity contribution in [3.05, 3.63) is 59.2 Å². The third-order valence-electron chi connectivity index (χ3n) is 5.99. The minimum atomic E-state index is -4.11. The van der Waals surface area contributed by atoms with Gasteiger partial charge in [-0.15, -0.1) is 0 Å². The summed E-state index contributed by atoms with van der Waals surface area (Å²) in [5.41, 5.74) is 0.820. The van der Waals surface area contributed by atoms with Crippen LogP contribution in [0.2, 0.25) is 0 Å². The number of sulfonamides is 1. The summed E-state index contributed by atoms with van der Waals surface area (Å²) in [6.07, 6.45) is 3.27. The number of nitrogens with one attached hydrogen (secondary N) is 1. The number of carbonyl (C=O) groups excluding carboxylic acids is 2. The first kappa shape index (κ1) is 21.4. The lowest BCUT2D eigenvalue weighted by atomic mass is 9.81. The molecule has 9 heteroatoms. The number of imide groups is 1. The number of hydrogen-bond donors (Lipinski definition) is 1. The number of rotatable bonds is 5. The Hall–Kier alpha value is -2.81. The molecule has 2 fully saturated rings. The summed E-state index contributed by atoms with van der Waals surface area (Å²) in [5.74, 6) is -3.19. The maximum Gasteiger partial charge on any atom is 0.262 e. The van der Waals surface area contributed by atoms with E-state index in [0.717, 1.165) is 31.0 Å². The van der Waals surface area contributed by atoms with Crippen molar-refractivity contribution in [2.45, 2.75) is 44.0 Å². The van der Waals surface area contributed by atoms with E-state index in [1.165, 1.54) is 11.0 Å². The van der Waals surface area contributed by atoms with E-state index in [0.29, 0.717) is 24.0 Å². The molecule has 0 spiro atoms. The quantitative estimate of drug-likeness (QED) is 0.707. The van der Waals surface area contributed by atoms with Crippen LogP contribution in [0.4, 0.5) is 14.5 Å². The van der Waals surface area contributed by atoms with Crippen molar-refractivity contribution in [2.75, 3.05) is 4.72 Å². The third-order valence-corrected chi connectivity index (χ3v) is 7.51. The van der Waals surface area contributed by atoms with Gasteiger partial charge in [-0.3, -0.25) is 19.2 Å². The fourth-order valence-corrected chi connectivity index (χ4v) is 5.72. The van der Waals surface area contributed by atoms with Gasteiger partial charge in [-0.25, -0.2) is 17.2 Å². The lowest BCUT2D eigenvalue weighted by Gasteiger charge is -2.19. The highest BCUT2D eigenvalue weighted by Gasteiger charge is 2.47. The molecule has 0 radical (unpaired) electrons. The van der Waals surface area contributed by atoms with Gasteiger partial charge in [0.25, 0.3) is 10.0 Å². The first-order chi connectivity index (χ1) is 14.7. The van der Waals surface area contributed by atoms with E-state index in [9.17, 15) is 26.8 Å². The maximum absolute atomic E-state index is 13.4. The fourth-order valence-electron chi connectivity index (χ4n) is 4.37. The number of amides is 2. The van der Waals surface area contributed by atoms with Gasteiger partial charge in [0.2, 0.25) is 11.8 Å². The number of hydrogen-bond acceptors (Lipinski definition) is 4. The van der Waals surface area contributed by atoms with Gasteiger partial charge >= 0.3 is 0 Å². The number of fused-ring (bicyclic) bond motifs is 1. The van der Waals surface area contributed by atoms with Crippen LogP contribution in [-0.4, -0.2) is 25.1 Å². The zero-order valence-corrected chi connectivity index (χ0v) is 17.7. The van der Waals surface area contributed by atoms with Gasteiger partial charge in [-0.05, 0) is 49.1 Å². The van der Waals surface area contributed by atoms with Crippen LogP contribution >= 0.6 is 0 Å². The predicted molar refractivity (Wildman–Crippen MR) is 109 cm³/mol. The molecule has 2 aromatic carbocycles. The van der Waals surface area contributed by atoms with Crippen molar-refractivity contribution < 1.29 is 26.8 Å². The van der Waals surface area contributed by atoms with Crippen LogP contribution in [0.3, 0.4) is 0 Å². The largest absolute Gasteiger partial charge is 0.280 e. The molecule has 2 unspecified atom stereocenters. The van der Waals surface area contributed by atoms with Gasteiger partial charge < -0.3 is 0 Å². The first-order valence-corrected chi connectivity index (χ1v) is 11.6. The number of likely N-dealkylation sites (tertiary alicyclic amines) is 1. The molecule has 4 rings (SSSR count).